The molecule has 9 heteroatoms. The van der Waals surface area contributed by atoms with Crippen LogP contribution < -0.4 is 10.5 Å². The van der Waals surface area contributed by atoms with E-state index in [-0.39, 0.29) is 11.5 Å². The number of hydrogen-bond donors (Lipinski definition) is 2. The van der Waals surface area contributed by atoms with Crippen LogP contribution in [0.5, 0.6) is 0 Å². The van der Waals surface area contributed by atoms with Crippen molar-refractivity contribution in [1.82, 2.24) is 0 Å². The Morgan fingerprint density at radius 2 is 1.86 bits per heavy atom. The van der Waals surface area contributed by atoms with Gasteiger partial charge in [0.05, 0.1) is 4.90 Å². The highest BCUT2D eigenvalue weighted by Gasteiger charge is 2.18. The molecule has 1 rings (SSSR count). The SMILES string of the molecule is COCC(=O)O[C@H](C)C(=O)Nc1ccc(S(N)(=O)=O)cc1. The highest BCUT2D eigenvalue weighted by atomic mass is 32.2. The third-order valence-corrected chi connectivity index (χ3v) is 3.32. The van der Waals surface area contributed by atoms with Gasteiger partial charge in [-0.15, -0.1) is 0 Å². The van der Waals surface area contributed by atoms with Gasteiger partial charge in [0.15, 0.2) is 6.10 Å². The van der Waals surface area contributed by atoms with Gasteiger partial charge in [-0.25, -0.2) is 18.4 Å². The second kappa shape index (κ2) is 7.16. The van der Waals surface area contributed by atoms with Crippen LogP contribution in [0.25, 0.3) is 0 Å². The normalized spacial score (nSPS) is 12.5. The first-order chi connectivity index (χ1) is 9.74. The molecule has 0 fully saturated rings. The number of esters is 1. The monoisotopic (exact) mass is 316 g/mol. The Morgan fingerprint density at radius 1 is 1.29 bits per heavy atom. The van der Waals surface area contributed by atoms with Gasteiger partial charge in [-0.3, -0.25) is 4.79 Å². The number of rotatable bonds is 6. The van der Waals surface area contributed by atoms with E-state index in [4.69, 9.17) is 9.88 Å². The van der Waals surface area contributed by atoms with Crippen molar-refractivity contribution in [3.05, 3.63) is 24.3 Å². The third kappa shape index (κ3) is 5.50. The maximum absolute atomic E-state index is 11.8. The number of nitrogens with one attached hydrogen (secondary N) is 1. The van der Waals surface area contributed by atoms with Crippen LogP contribution in [0, 0.1) is 0 Å². The molecule has 0 spiro atoms. The number of amides is 1. The molecule has 0 aromatic heterocycles. The van der Waals surface area contributed by atoms with E-state index in [9.17, 15) is 18.0 Å². The van der Waals surface area contributed by atoms with Crippen molar-refractivity contribution in [2.24, 2.45) is 5.14 Å². The second-order valence-corrected chi connectivity index (χ2v) is 5.69. The summed E-state index contributed by atoms with van der Waals surface area (Å²) in [4.78, 5) is 22.9. The minimum atomic E-state index is -3.78. The number of nitrogens with two attached hydrogens (primary N) is 1. The molecule has 0 saturated carbocycles. The van der Waals surface area contributed by atoms with Gasteiger partial charge < -0.3 is 14.8 Å². The lowest BCUT2D eigenvalue weighted by Gasteiger charge is -2.13. The molecule has 0 aliphatic carbocycles. The van der Waals surface area contributed by atoms with Crippen molar-refractivity contribution in [2.45, 2.75) is 17.9 Å². The summed E-state index contributed by atoms with van der Waals surface area (Å²) in [7, 11) is -2.45. The Balaban J connectivity index is 2.64. The van der Waals surface area contributed by atoms with Crippen LogP contribution in [-0.2, 0) is 29.1 Å². The van der Waals surface area contributed by atoms with Crippen LogP contribution in [0.4, 0.5) is 5.69 Å². The van der Waals surface area contributed by atoms with E-state index in [1.54, 1.807) is 0 Å². The largest absolute Gasteiger partial charge is 0.451 e. The van der Waals surface area contributed by atoms with E-state index >= 15 is 0 Å². The van der Waals surface area contributed by atoms with E-state index in [1.807, 2.05) is 0 Å². The maximum atomic E-state index is 11.8. The molecule has 0 bridgehead atoms. The van der Waals surface area contributed by atoms with E-state index in [1.165, 1.54) is 38.3 Å². The van der Waals surface area contributed by atoms with Gasteiger partial charge in [-0.1, -0.05) is 0 Å². The number of anilines is 1. The Labute approximate surface area is 122 Å². The first-order valence-electron chi connectivity index (χ1n) is 5.86. The van der Waals surface area contributed by atoms with Crippen molar-refractivity contribution in [1.29, 1.82) is 0 Å². The first-order valence-corrected chi connectivity index (χ1v) is 7.41. The molecule has 8 nitrogen and oxygen atoms in total. The Kier molecular flexibility index (Phi) is 5.82. The fourth-order valence-electron chi connectivity index (χ4n) is 1.37. The second-order valence-electron chi connectivity index (χ2n) is 4.12. The maximum Gasteiger partial charge on any atom is 0.332 e. The summed E-state index contributed by atoms with van der Waals surface area (Å²) in [5.74, 6) is -1.22. The number of carbonyl (C=O) groups excluding carboxylic acids is 2. The molecular formula is C12H16N2O6S. The van der Waals surface area contributed by atoms with Crippen LogP contribution >= 0.6 is 0 Å². The van der Waals surface area contributed by atoms with Gasteiger partial charge >= 0.3 is 5.97 Å². The van der Waals surface area contributed by atoms with E-state index in [2.05, 4.69) is 10.1 Å². The lowest BCUT2D eigenvalue weighted by atomic mass is 10.3. The lowest BCUT2D eigenvalue weighted by Crippen LogP contribution is -2.31. The van der Waals surface area contributed by atoms with Gasteiger partial charge in [0.2, 0.25) is 10.0 Å². The van der Waals surface area contributed by atoms with Crippen LogP contribution in [0.1, 0.15) is 6.92 Å². The van der Waals surface area contributed by atoms with Gasteiger partial charge in [0.1, 0.15) is 6.61 Å². The molecule has 0 radical (unpaired) electrons. The number of carbonyl (C=O) groups is 2. The van der Waals surface area contributed by atoms with Crippen molar-refractivity contribution < 1.29 is 27.5 Å². The highest BCUT2D eigenvalue weighted by Crippen LogP contribution is 2.13. The number of methoxy groups -OCH3 is 1. The van der Waals surface area contributed by atoms with Crippen molar-refractivity contribution in [2.75, 3.05) is 19.0 Å². The first kappa shape index (κ1) is 17.1. The standard InChI is InChI=1S/C12H16N2O6S/c1-8(20-11(15)7-19-2)12(16)14-9-3-5-10(6-4-9)21(13,17)18/h3-6,8H,7H2,1-2H3,(H,14,16)(H2,13,17,18)/t8-/m1/s1. The number of ether oxygens (including phenoxy) is 2. The van der Waals surface area contributed by atoms with Gasteiger partial charge in [0, 0.05) is 12.8 Å². The molecule has 3 N–H and O–H groups in total. The summed E-state index contributed by atoms with van der Waals surface area (Å²) in [5, 5.41) is 7.43. The lowest BCUT2D eigenvalue weighted by molar-refractivity contribution is -0.156. The van der Waals surface area contributed by atoms with E-state index in [0.717, 1.165) is 0 Å². The number of benzene rings is 1. The van der Waals surface area contributed by atoms with Crippen LogP contribution in [0.15, 0.2) is 29.2 Å². The summed E-state index contributed by atoms with van der Waals surface area (Å²) in [6.45, 7) is 1.16. The number of sulfonamides is 1. The van der Waals surface area contributed by atoms with Crippen LogP contribution in [-0.4, -0.2) is 40.1 Å². The van der Waals surface area contributed by atoms with Gasteiger partial charge in [-0.2, -0.15) is 0 Å². The zero-order chi connectivity index (χ0) is 16.0. The minimum Gasteiger partial charge on any atom is -0.451 e. The quantitative estimate of drug-likeness (QED) is 0.703. The topological polar surface area (TPSA) is 125 Å². The molecule has 0 heterocycles. The zero-order valence-corrected chi connectivity index (χ0v) is 12.3. The molecular weight excluding hydrogens is 300 g/mol. The summed E-state index contributed by atoms with van der Waals surface area (Å²) in [6, 6.07) is 5.27. The van der Waals surface area contributed by atoms with Crippen molar-refractivity contribution >= 4 is 27.6 Å². The Hall–Kier alpha value is -1.97. The smallest absolute Gasteiger partial charge is 0.332 e. The number of primary sulfonamides is 1. The predicted molar refractivity (Wildman–Crippen MR) is 73.9 cm³/mol. The zero-order valence-electron chi connectivity index (χ0n) is 11.5. The molecule has 1 aromatic rings. The molecule has 1 atom stereocenters. The van der Waals surface area contributed by atoms with Gasteiger partial charge in [0.25, 0.3) is 5.91 Å². The van der Waals surface area contributed by atoms with E-state index in [0.29, 0.717) is 5.69 Å². The Morgan fingerprint density at radius 3 is 2.33 bits per heavy atom. The average molecular weight is 316 g/mol. The Bertz CT molecular complexity index is 611. The van der Waals surface area contributed by atoms with Crippen LogP contribution in [0.3, 0.4) is 0 Å². The number of hydrogen-bond acceptors (Lipinski definition) is 6. The molecule has 1 amide bonds. The fourth-order valence-corrected chi connectivity index (χ4v) is 1.89. The summed E-state index contributed by atoms with van der Waals surface area (Å²) in [6.07, 6.45) is -1.01. The molecule has 0 saturated heterocycles. The molecule has 1 aromatic carbocycles. The summed E-state index contributed by atoms with van der Waals surface area (Å²) in [5.41, 5.74) is 0.349. The summed E-state index contributed by atoms with van der Waals surface area (Å²) >= 11 is 0. The van der Waals surface area contributed by atoms with E-state index < -0.39 is 28.0 Å². The summed E-state index contributed by atoms with van der Waals surface area (Å²) < 4.78 is 31.5. The van der Waals surface area contributed by atoms with Gasteiger partial charge in [-0.05, 0) is 31.2 Å². The van der Waals surface area contributed by atoms with Crippen LogP contribution in [0.2, 0.25) is 0 Å². The minimum absolute atomic E-state index is 0.0694. The molecule has 116 valence electrons. The molecule has 0 aliphatic rings. The molecule has 0 unspecified atom stereocenters. The van der Waals surface area contributed by atoms with Crippen molar-refractivity contribution in [3.63, 3.8) is 0 Å². The highest BCUT2D eigenvalue weighted by molar-refractivity contribution is 7.89. The predicted octanol–water partition coefficient (Wildman–Crippen LogP) is -0.149. The van der Waals surface area contributed by atoms with Crippen molar-refractivity contribution in [3.8, 4) is 0 Å². The average Bonchev–Trinajstić information content (AvgIpc) is 2.38. The molecule has 0 aliphatic heterocycles. The fraction of sp³-hybridized carbons (Fsp3) is 0.333. The molecule has 21 heavy (non-hydrogen) atoms. The third-order valence-electron chi connectivity index (χ3n) is 2.39.